The van der Waals surface area contributed by atoms with Gasteiger partial charge >= 0.3 is 0 Å². The van der Waals surface area contributed by atoms with Crippen LogP contribution in [-0.4, -0.2) is 41.9 Å². The Balaban J connectivity index is 0.00000256. The molecule has 158 valence electrons. The number of benzene rings is 2. The van der Waals surface area contributed by atoms with Gasteiger partial charge in [0.25, 0.3) is 5.91 Å². The minimum absolute atomic E-state index is 0. The molecule has 0 spiro atoms. The second-order valence-electron chi connectivity index (χ2n) is 7.32. The number of aromatic nitrogens is 2. The van der Waals surface area contributed by atoms with Crippen molar-refractivity contribution in [3.8, 4) is 17.0 Å². The van der Waals surface area contributed by atoms with Crippen LogP contribution in [0.5, 0.6) is 5.75 Å². The molecular formula is C23H27ClN4O2. The van der Waals surface area contributed by atoms with Crippen LogP contribution in [0.4, 0.5) is 0 Å². The SMILES string of the molecule is COc1cccc(-c2nn(Cc3ccccc3)cc2C(=O)NC2CCCNC2)c1.Cl. The average Bonchev–Trinajstić information content (AvgIpc) is 3.19. The van der Waals surface area contributed by atoms with Gasteiger partial charge in [0, 0.05) is 24.3 Å². The van der Waals surface area contributed by atoms with E-state index in [0.717, 1.165) is 42.8 Å². The molecular weight excluding hydrogens is 400 g/mol. The predicted octanol–water partition coefficient (Wildman–Crippen LogP) is 3.51. The number of piperidine rings is 1. The number of halogens is 1. The number of carbonyl (C=O) groups excluding carboxylic acids is 1. The van der Waals surface area contributed by atoms with Crippen molar-refractivity contribution in [2.45, 2.75) is 25.4 Å². The molecule has 1 amide bonds. The lowest BCUT2D eigenvalue weighted by Gasteiger charge is -2.23. The maximum atomic E-state index is 13.1. The van der Waals surface area contributed by atoms with Crippen molar-refractivity contribution in [2.75, 3.05) is 20.2 Å². The van der Waals surface area contributed by atoms with Crippen molar-refractivity contribution in [2.24, 2.45) is 0 Å². The molecule has 0 saturated carbocycles. The molecule has 4 rings (SSSR count). The van der Waals surface area contributed by atoms with Gasteiger partial charge in [-0.3, -0.25) is 9.48 Å². The first kappa shape index (κ1) is 21.9. The molecule has 1 aromatic heterocycles. The number of carbonyl (C=O) groups is 1. The minimum atomic E-state index is -0.0872. The van der Waals surface area contributed by atoms with Gasteiger partial charge in [-0.2, -0.15) is 5.10 Å². The Bertz CT molecular complexity index is 968. The molecule has 3 aromatic rings. The van der Waals surface area contributed by atoms with Crippen molar-refractivity contribution in [1.82, 2.24) is 20.4 Å². The standard InChI is InChI=1S/C23H26N4O2.ClH/c1-29-20-11-5-9-18(13-20)22-21(23(28)25-19-10-6-12-24-14-19)16-27(26-22)15-17-7-3-2-4-8-17;/h2-5,7-9,11,13,16,19,24H,6,10,12,14-15H2,1H3,(H,25,28);1H. The van der Waals surface area contributed by atoms with E-state index in [9.17, 15) is 4.79 Å². The van der Waals surface area contributed by atoms with Crippen LogP contribution in [0.2, 0.25) is 0 Å². The summed E-state index contributed by atoms with van der Waals surface area (Å²) in [6.07, 6.45) is 3.90. The number of nitrogens with one attached hydrogen (secondary N) is 2. The average molecular weight is 427 g/mol. The molecule has 1 atom stereocenters. The number of hydrogen-bond acceptors (Lipinski definition) is 4. The summed E-state index contributed by atoms with van der Waals surface area (Å²) in [5.41, 5.74) is 3.25. The van der Waals surface area contributed by atoms with E-state index in [1.54, 1.807) is 7.11 Å². The van der Waals surface area contributed by atoms with E-state index in [1.165, 1.54) is 0 Å². The van der Waals surface area contributed by atoms with E-state index in [0.29, 0.717) is 17.8 Å². The molecule has 30 heavy (non-hydrogen) atoms. The van der Waals surface area contributed by atoms with E-state index in [2.05, 4.69) is 22.8 Å². The largest absolute Gasteiger partial charge is 0.497 e. The van der Waals surface area contributed by atoms with Crippen molar-refractivity contribution < 1.29 is 9.53 Å². The summed E-state index contributed by atoms with van der Waals surface area (Å²) in [5.74, 6) is 0.652. The first-order valence-electron chi connectivity index (χ1n) is 10.0. The number of amides is 1. The van der Waals surface area contributed by atoms with Gasteiger partial charge in [-0.15, -0.1) is 12.4 Å². The highest BCUT2D eigenvalue weighted by atomic mass is 35.5. The van der Waals surface area contributed by atoms with Crippen LogP contribution in [-0.2, 0) is 6.54 Å². The number of ether oxygens (including phenoxy) is 1. The predicted molar refractivity (Wildman–Crippen MR) is 120 cm³/mol. The molecule has 1 aliphatic rings. The molecule has 6 nitrogen and oxygen atoms in total. The van der Waals surface area contributed by atoms with E-state index in [-0.39, 0.29) is 24.4 Å². The molecule has 7 heteroatoms. The lowest BCUT2D eigenvalue weighted by Crippen LogP contribution is -2.45. The third-order valence-corrected chi connectivity index (χ3v) is 5.17. The molecule has 0 radical (unpaired) electrons. The van der Waals surface area contributed by atoms with Gasteiger partial charge in [-0.1, -0.05) is 42.5 Å². The summed E-state index contributed by atoms with van der Waals surface area (Å²) < 4.78 is 7.19. The van der Waals surface area contributed by atoms with Crippen molar-refractivity contribution in [3.63, 3.8) is 0 Å². The van der Waals surface area contributed by atoms with Crippen LogP contribution in [0.1, 0.15) is 28.8 Å². The first-order valence-corrected chi connectivity index (χ1v) is 10.0. The highest BCUT2D eigenvalue weighted by Crippen LogP contribution is 2.26. The summed E-state index contributed by atoms with van der Waals surface area (Å²) in [6, 6.07) is 17.9. The Morgan fingerprint density at radius 2 is 2.07 bits per heavy atom. The summed E-state index contributed by atoms with van der Waals surface area (Å²) in [5, 5.41) is 11.3. The van der Waals surface area contributed by atoms with E-state index >= 15 is 0 Å². The Labute approximate surface area is 183 Å². The van der Waals surface area contributed by atoms with Crippen LogP contribution in [0.25, 0.3) is 11.3 Å². The van der Waals surface area contributed by atoms with Gasteiger partial charge in [-0.05, 0) is 37.1 Å². The van der Waals surface area contributed by atoms with Crippen LogP contribution in [0.15, 0.2) is 60.8 Å². The molecule has 2 N–H and O–H groups in total. The van der Waals surface area contributed by atoms with Crippen molar-refractivity contribution in [1.29, 1.82) is 0 Å². The highest BCUT2D eigenvalue weighted by molar-refractivity contribution is 6.00. The quantitative estimate of drug-likeness (QED) is 0.633. The Hall–Kier alpha value is -2.83. The molecule has 1 aliphatic heterocycles. The van der Waals surface area contributed by atoms with Gasteiger partial charge in [0.15, 0.2) is 0 Å². The van der Waals surface area contributed by atoms with Crippen LogP contribution < -0.4 is 15.4 Å². The van der Waals surface area contributed by atoms with Gasteiger partial charge < -0.3 is 15.4 Å². The molecule has 0 aliphatic carbocycles. The molecule has 1 unspecified atom stereocenters. The molecule has 2 aromatic carbocycles. The summed E-state index contributed by atoms with van der Waals surface area (Å²) in [7, 11) is 1.64. The van der Waals surface area contributed by atoms with E-state index < -0.39 is 0 Å². The zero-order chi connectivity index (χ0) is 20.1. The fourth-order valence-electron chi connectivity index (χ4n) is 3.66. The highest BCUT2D eigenvalue weighted by Gasteiger charge is 2.22. The third-order valence-electron chi connectivity index (χ3n) is 5.17. The zero-order valence-corrected chi connectivity index (χ0v) is 17.8. The number of methoxy groups -OCH3 is 1. The maximum Gasteiger partial charge on any atom is 0.255 e. The molecule has 1 fully saturated rings. The fourth-order valence-corrected chi connectivity index (χ4v) is 3.66. The summed E-state index contributed by atoms with van der Waals surface area (Å²) in [6.45, 7) is 2.42. The van der Waals surface area contributed by atoms with Crippen LogP contribution >= 0.6 is 12.4 Å². The number of hydrogen-bond donors (Lipinski definition) is 2. The second-order valence-corrected chi connectivity index (χ2v) is 7.32. The lowest BCUT2D eigenvalue weighted by molar-refractivity contribution is 0.0931. The van der Waals surface area contributed by atoms with Crippen molar-refractivity contribution >= 4 is 18.3 Å². The van der Waals surface area contributed by atoms with E-state index in [4.69, 9.17) is 9.84 Å². The summed E-state index contributed by atoms with van der Waals surface area (Å²) >= 11 is 0. The normalized spacial score (nSPS) is 15.8. The number of rotatable bonds is 6. The summed E-state index contributed by atoms with van der Waals surface area (Å²) in [4.78, 5) is 13.1. The van der Waals surface area contributed by atoms with Gasteiger partial charge in [0.1, 0.15) is 11.4 Å². The lowest BCUT2D eigenvalue weighted by atomic mass is 10.0. The zero-order valence-electron chi connectivity index (χ0n) is 17.0. The first-order chi connectivity index (χ1) is 14.2. The van der Waals surface area contributed by atoms with Crippen LogP contribution in [0, 0.1) is 0 Å². The van der Waals surface area contributed by atoms with Gasteiger partial charge in [0.2, 0.25) is 0 Å². The third kappa shape index (κ3) is 5.20. The fraction of sp³-hybridized carbons (Fsp3) is 0.304. The second kappa shape index (κ2) is 10.3. The number of nitrogens with zero attached hydrogens (tertiary/aromatic N) is 2. The van der Waals surface area contributed by atoms with E-state index in [1.807, 2.05) is 53.3 Å². The molecule has 0 bridgehead atoms. The molecule has 2 heterocycles. The van der Waals surface area contributed by atoms with Gasteiger partial charge in [-0.25, -0.2) is 0 Å². The minimum Gasteiger partial charge on any atom is -0.497 e. The molecule has 1 saturated heterocycles. The Kier molecular flexibility index (Phi) is 7.49. The van der Waals surface area contributed by atoms with Crippen molar-refractivity contribution in [3.05, 3.63) is 71.9 Å². The topological polar surface area (TPSA) is 68.2 Å². The monoisotopic (exact) mass is 426 g/mol. The Morgan fingerprint density at radius 3 is 2.80 bits per heavy atom. The van der Waals surface area contributed by atoms with Crippen LogP contribution in [0.3, 0.4) is 0 Å². The smallest absolute Gasteiger partial charge is 0.255 e. The maximum absolute atomic E-state index is 13.1. The Morgan fingerprint density at radius 1 is 1.23 bits per heavy atom. The van der Waals surface area contributed by atoms with Gasteiger partial charge in [0.05, 0.1) is 19.2 Å².